The molecule has 1 heterocycles. The molecule has 34 heavy (non-hydrogen) atoms. The Balaban J connectivity index is 1.96. The molecule has 4 amide bonds. The summed E-state index contributed by atoms with van der Waals surface area (Å²) in [5, 5.41) is 2.48. The van der Waals surface area contributed by atoms with Crippen molar-refractivity contribution >= 4 is 41.2 Å². The molecule has 1 saturated heterocycles. The van der Waals surface area contributed by atoms with Crippen LogP contribution in [0.5, 0.6) is 17.2 Å². The number of nitrogens with zero attached hydrogens (tertiary/aromatic N) is 1. The van der Waals surface area contributed by atoms with Crippen molar-refractivity contribution in [3.63, 3.8) is 0 Å². The highest BCUT2D eigenvalue weighted by atomic mass is 35.5. The number of hydrogen-bond donors (Lipinski definition) is 1. The zero-order valence-electron chi connectivity index (χ0n) is 19.5. The lowest BCUT2D eigenvalue weighted by Gasteiger charge is -2.26. The summed E-state index contributed by atoms with van der Waals surface area (Å²) in [4.78, 5) is 39.1. The normalized spacial score (nSPS) is 15.1. The summed E-state index contributed by atoms with van der Waals surface area (Å²) in [6, 6.07) is 8.84. The Morgan fingerprint density at radius 3 is 2.38 bits per heavy atom. The van der Waals surface area contributed by atoms with Gasteiger partial charge < -0.3 is 14.2 Å². The maximum atomic E-state index is 13.2. The van der Waals surface area contributed by atoms with Crippen LogP contribution in [0.25, 0.3) is 6.08 Å². The number of urea groups is 1. The minimum atomic E-state index is -0.830. The molecule has 2 aromatic carbocycles. The Morgan fingerprint density at radius 2 is 1.76 bits per heavy atom. The van der Waals surface area contributed by atoms with Gasteiger partial charge in [0.25, 0.3) is 11.8 Å². The molecule has 1 aliphatic rings. The number of hydrogen-bond acceptors (Lipinski definition) is 6. The molecule has 0 aliphatic carbocycles. The highest BCUT2D eigenvalue weighted by Crippen LogP contribution is 2.38. The van der Waals surface area contributed by atoms with Crippen LogP contribution in [0.1, 0.15) is 39.7 Å². The van der Waals surface area contributed by atoms with Crippen LogP contribution in [0.2, 0.25) is 5.02 Å². The van der Waals surface area contributed by atoms with Crippen molar-refractivity contribution in [1.82, 2.24) is 5.32 Å². The van der Waals surface area contributed by atoms with E-state index in [1.165, 1.54) is 6.08 Å². The average molecular weight is 487 g/mol. The molecule has 1 aliphatic heterocycles. The summed E-state index contributed by atoms with van der Waals surface area (Å²) in [6.45, 7) is 8.45. The first-order chi connectivity index (χ1) is 16.2. The molecule has 0 aromatic heterocycles. The van der Waals surface area contributed by atoms with Crippen LogP contribution in [-0.4, -0.2) is 37.2 Å². The molecule has 0 saturated carbocycles. The van der Waals surface area contributed by atoms with E-state index in [1.807, 2.05) is 27.7 Å². The number of carbonyl (C=O) groups excluding carboxylic acids is 3. The van der Waals surface area contributed by atoms with Gasteiger partial charge >= 0.3 is 6.03 Å². The van der Waals surface area contributed by atoms with Gasteiger partial charge in [-0.05, 0) is 75.2 Å². The molecule has 9 heteroatoms. The smallest absolute Gasteiger partial charge is 0.335 e. The molecule has 1 N–H and O–H groups in total. The van der Waals surface area contributed by atoms with Crippen molar-refractivity contribution in [3.05, 3.63) is 52.6 Å². The Bertz CT molecular complexity index is 1110. The number of carbonyl (C=O) groups is 3. The number of amides is 4. The first-order valence-electron chi connectivity index (χ1n) is 11.0. The van der Waals surface area contributed by atoms with E-state index in [2.05, 4.69) is 5.32 Å². The zero-order valence-corrected chi connectivity index (χ0v) is 20.3. The van der Waals surface area contributed by atoms with E-state index in [9.17, 15) is 14.4 Å². The number of anilines is 1. The summed E-state index contributed by atoms with van der Waals surface area (Å²) in [7, 11) is 0. The molecule has 2 aromatic rings. The quantitative estimate of drug-likeness (QED) is 0.397. The third kappa shape index (κ3) is 5.69. The third-order valence-electron chi connectivity index (χ3n) is 4.67. The number of ether oxygens (including phenoxy) is 3. The predicted octanol–water partition coefficient (Wildman–Crippen LogP) is 4.98. The molecule has 0 spiro atoms. The van der Waals surface area contributed by atoms with Crippen molar-refractivity contribution in [2.75, 3.05) is 18.1 Å². The maximum Gasteiger partial charge on any atom is 0.335 e. The Kier molecular flexibility index (Phi) is 8.17. The Labute approximate surface area is 203 Å². The zero-order chi connectivity index (χ0) is 24.8. The fraction of sp³-hybridized carbons (Fsp3) is 0.320. The van der Waals surface area contributed by atoms with Gasteiger partial charge in [-0.15, -0.1) is 0 Å². The number of benzene rings is 2. The van der Waals surface area contributed by atoms with E-state index in [0.717, 1.165) is 11.3 Å². The Hall–Kier alpha value is -3.52. The number of imide groups is 2. The van der Waals surface area contributed by atoms with Crippen LogP contribution >= 0.6 is 11.6 Å². The monoisotopic (exact) mass is 486 g/mol. The molecule has 1 fully saturated rings. The lowest BCUT2D eigenvalue weighted by atomic mass is 10.1. The number of nitrogens with one attached hydrogen (secondary N) is 1. The van der Waals surface area contributed by atoms with Crippen LogP contribution in [0.3, 0.4) is 0 Å². The highest BCUT2D eigenvalue weighted by Gasteiger charge is 2.37. The second-order valence-electron chi connectivity index (χ2n) is 7.73. The van der Waals surface area contributed by atoms with E-state index < -0.39 is 17.8 Å². The maximum absolute atomic E-state index is 13.2. The topological polar surface area (TPSA) is 94.2 Å². The van der Waals surface area contributed by atoms with Gasteiger partial charge in [0.2, 0.25) is 0 Å². The van der Waals surface area contributed by atoms with Crippen molar-refractivity contribution in [2.24, 2.45) is 0 Å². The van der Waals surface area contributed by atoms with Crippen LogP contribution in [-0.2, 0) is 9.59 Å². The fourth-order valence-corrected chi connectivity index (χ4v) is 3.52. The van der Waals surface area contributed by atoms with Gasteiger partial charge in [0, 0.05) is 0 Å². The standard InChI is InChI=1S/C25H27ClN2O6/c1-5-11-33-18-9-7-17(8-10-18)28-24(30)19(23(29)27-25(28)31)12-16-13-20(26)22(34-15(3)4)21(14-16)32-6-2/h7-10,12-15H,5-6,11H2,1-4H3,(H,27,29,31)/b19-12-. The SMILES string of the molecule is CCCOc1ccc(N2C(=O)NC(=O)/C(=C/c3cc(Cl)c(OC(C)C)c(OCC)c3)C2=O)cc1. The lowest BCUT2D eigenvalue weighted by Crippen LogP contribution is -2.54. The molecular weight excluding hydrogens is 460 g/mol. The van der Waals surface area contributed by atoms with Gasteiger partial charge in [0.1, 0.15) is 11.3 Å². The van der Waals surface area contributed by atoms with Crippen molar-refractivity contribution in [3.8, 4) is 17.2 Å². The van der Waals surface area contributed by atoms with E-state index in [1.54, 1.807) is 36.4 Å². The van der Waals surface area contributed by atoms with Crippen LogP contribution in [0, 0.1) is 0 Å². The number of halogens is 1. The summed E-state index contributed by atoms with van der Waals surface area (Å²) in [5.41, 5.74) is 0.529. The van der Waals surface area contributed by atoms with Crippen molar-refractivity contribution in [1.29, 1.82) is 0 Å². The molecule has 8 nitrogen and oxygen atoms in total. The highest BCUT2D eigenvalue weighted by molar-refractivity contribution is 6.39. The first-order valence-corrected chi connectivity index (χ1v) is 11.4. The molecular formula is C25H27ClN2O6. The molecule has 0 radical (unpaired) electrons. The van der Waals surface area contributed by atoms with Crippen LogP contribution in [0.15, 0.2) is 42.0 Å². The van der Waals surface area contributed by atoms with Gasteiger partial charge in [-0.3, -0.25) is 14.9 Å². The summed E-state index contributed by atoms with van der Waals surface area (Å²) in [5.74, 6) is -0.181. The van der Waals surface area contributed by atoms with Crippen molar-refractivity contribution < 1.29 is 28.6 Å². The number of rotatable bonds is 9. The molecule has 0 atom stereocenters. The third-order valence-corrected chi connectivity index (χ3v) is 4.95. The molecule has 3 rings (SSSR count). The van der Waals surface area contributed by atoms with Gasteiger partial charge in [-0.2, -0.15) is 0 Å². The van der Waals surface area contributed by atoms with Crippen LogP contribution < -0.4 is 24.4 Å². The van der Waals surface area contributed by atoms with Crippen molar-refractivity contribution in [2.45, 2.75) is 40.2 Å². The summed E-state index contributed by atoms with van der Waals surface area (Å²) in [6.07, 6.45) is 2.08. The average Bonchev–Trinajstić information content (AvgIpc) is 2.78. The van der Waals surface area contributed by atoms with E-state index in [4.69, 9.17) is 25.8 Å². The van der Waals surface area contributed by atoms with Gasteiger partial charge in [-0.1, -0.05) is 18.5 Å². The Morgan fingerprint density at radius 1 is 1.06 bits per heavy atom. The fourth-order valence-electron chi connectivity index (χ4n) is 3.25. The van der Waals surface area contributed by atoms with E-state index >= 15 is 0 Å². The van der Waals surface area contributed by atoms with Gasteiger partial charge in [0.15, 0.2) is 11.5 Å². The minimum absolute atomic E-state index is 0.134. The first kappa shape index (κ1) is 25.1. The van der Waals surface area contributed by atoms with E-state index in [-0.39, 0.29) is 16.7 Å². The summed E-state index contributed by atoms with van der Waals surface area (Å²) >= 11 is 6.41. The minimum Gasteiger partial charge on any atom is -0.494 e. The molecule has 0 unspecified atom stereocenters. The molecule has 180 valence electrons. The second-order valence-corrected chi connectivity index (χ2v) is 8.14. The van der Waals surface area contributed by atoms with Gasteiger partial charge in [-0.25, -0.2) is 9.69 Å². The number of barbiturate groups is 1. The van der Waals surface area contributed by atoms with Crippen LogP contribution in [0.4, 0.5) is 10.5 Å². The predicted molar refractivity (Wildman–Crippen MR) is 130 cm³/mol. The largest absolute Gasteiger partial charge is 0.494 e. The summed E-state index contributed by atoms with van der Waals surface area (Å²) < 4.78 is 16.9. The van der Waals surface area contributed by atoms with E-state index in [0.29, 0.717) is 41.7 Å². The van der Waals surface area contributed by atoms with Gasteiger partial charge in [0.05, 0.1) is 30.0 Å². The second kappa shape index (κ2) is 11.1. The lowest BCUT2D eigenvalue weighted by molar-refractivity contribution is -0.122. The molecule has 0 bridgehead atoms.